The largest absolute Gasteiger partial charge is 0.488 e. The quantitative estimate of drug-likeness (QED) is 0.766. The van der Waals surface area contributed by atoms with E-state index in [1.807, 2.05) is 24.3 Å². The summed E-state index contributed by atoms with van der Waals surface area (Å²) in [6.45, 7) is 0.141. The van der Waals surface area contributed by atoms with Gasteiger partial charge in [0.2, 0.25) is 0 Å². The van der Waals surface area contributed by atoms with E-state index in [1.165, 1.54) is 6.07 Å². The molecule has 2 aromatic carbocycles. The molecule has 0 atom stereocenters. The van der Waals surface area contributed by atoms with Gasteiger partial charge in [0.05, 0.1) is 5.56 Å². The van der Waals surface area contributed by atoms with Crippen molar-refractivity contribution in [1.29, 1.82) is 0 Å². The summed E-state index contributed by atoms with van der Waals surface area (Å²) in [5.74, 6) is -0.182. The average Bonchev–Trinajstić information content (AvgIpc) is 2.45. The fourth-order valence-electron chi connectivity index (χ4n) is 1.79. The van der Waals surface area contributed by atoms with E-state index in [1.54, 1.807) is 6.07 Å². The molecule has 0 aromatic heterocycles. The second kappa shape index (κ2) is 6.65. The molecular weight excluding hydrogens is 394 g/mol. The maximum absolute atomic E-state index is 13.0. The number of halogens is 4. The van der Waals surface area contributed by atoms with Crippen molar-refractivity contribution in [1.82, 2.24) is 0 Å². The summed E-state index contributed by atoms with van der Waals surface area (Å²) in [6, 6.07) is 11.3. The molecule has 0 heterocycles. The molecule has 2 rings (SSSR count). The Bertz CT molecular complexity index is 611. The van der Waals surface area contributed by atoms with Crippen LogP contribution in [0.3, 0.4) is 0 Å². The van der Waals surface area contributed by atoms with Gasteiger partial charge in [0.1, 0.15) is 12.4 Å². The van der Waals surface area contributed by atoms with Gasteiger partial charge in [-0.25, -0.2) is 0 Å². The molecule has 112 valence electrons. The van der Waals surface area contributed by atoms with Crippen LogP contribution in [-0.4, -0.2) is 0 Å². The third-order valence-electron chi connectivity index (χ3n) is 2.89. The van der Waals surface area contributed by atoms with Crippen LogP contribution >= 0.6 is 22.6 Å². The highest BCUT2D eigenvalue weighted by Gasteiger charge is 2.34. The van der Waals surface area contributed by atoms with Crippen LogP contribution in [0, 0.1) is 3.57 Å². The Labute approximate surface area is 134 Å². The van der Waals surface area contributed by atoms with Gasteiger partial charge in [0.25, 0.3) is 0 Å². The van der Waals surface area contributed by atoms with Crippen molar-refractivity contribution in [2.45, 2.75) is 19.3 Å². The molecule has 0 fully saturated rings. The highest BCUT2D eigenvalue weighted by molar-refractivity contribution is 14.1. The Hall–Kier alpha value is -1.28. The SMILES string of the molecule is NCc1ccc(OCc2ccc(I)cc2)c(C(F)(F)F)c1. The molecule has 21 heavy (non-hydrogen) atoms. The number of hydrogen-bond donors (Lipinski definition) is 1. The topological polar surface area (TPSA) is 35.2 Å². The molecule has 0 saturated carbocycles. The zero-order valence-electron chi connectivity index (χ0n) is 11.0. The molecule has 0 aliphatic rings. The standard InChI is InChI=1S/C15H13F3INO/c16-15(17,18)13-7-11(8-20)3-6-14(13)21-9-10-1-4-12(19)5-2-10/h1-7H,8-9,20H2. The zero-order valence-corrected chi connectivity index (χ0v) is 13.1. The minimum atomic E-state index is -4.47. The van der Waals surface area contributed by atoms with Crippen LogP contribution in [-0.2, 0) is 19.3 Å². The van der Waals surface area contributed by atoms with E-state index in [0.717, 1.165) is 15.2 Å². The maximum atomic E-state index is 13.0. The first-order valence-electron chi connectivity index (χ1n) is 6.17. The summed E-state index contributed by atoms with van der Waals surface area (Å²) in [5, 5.41) is 0. The van der Waals surface area contributed by atoms with Gasteiger partial charge in [-0.05, 0) is 58.0 Å². The Balaban J connectivity index is 2.21. The third kappa shape index (κ3) is 4.34. The Morgan fingerprint density at radius 1 is 1.00 bits per heavy atom. The molecule has 0 amide bonds. The van der Waals surface area contributed by atoms with Crippen LogP contribution < -0.4 is 10.5 Å². The van der Waals surface area contributed by atoms with Crippen LogP contribution in [0.15, 0.2) is 42.5 Å². The highest BCUT2D eigenvalue weighted by Crippen LogP contribution is 2.37. The average molecular weight is 407 g/mol. The van der Waals surface area contributed by atoms with Gasteiger partial charge in [-0.15, -0.1) is 0 Å². The van der Waals surface area contributed by atoms with E-state index >= 15 is 0 Å². The van der Waals surface area contributed by atoms with E-state index in [2.05, 4.69) is 22.6 Å². The highest BCUT2D eigenvalue weighted by atomic mass is 127. The molecule has 0 unspecified atom stereocenters. The first-order chi connectivity index (χ1) is 9.90. The van der Waals surface area contributed by atoms with E-state index in [4.69, 9.17) is 10.5 Å². The third-order valence-corrected chi connectivity index (χ3v) is 3.61. The summed E-state index contributed by atoms with van der Waals surface area (Å²) < 4.78 is 45.4. The molecule has 0 saturated heterocycles. The fraction of sp³-hybridized carbons (Fsp3) is 0.200. The lowest BCUT2D eigenvalue weighted by Gasteiger charge is -2.15. The predicted octanol–water partition coefficient (Wildman–Crippen LogP) is 4.35. The first-order valence-corrected chi connectivity index (χ1v) is 7.25. The van der Waals surface area contributed by atoms with Crippen LogP contribution in [0.2, 0.25) is 0 Å². The molecule has 2 nitrogen and oxygen atoms in total. The van der Waals surface area contributed by atoms with Gasteiger partial charge in [0, 0.05) is 10.1 Å². The van der Waals surface area contributed by atoms with Gasteiger partial charge in [-0.3, -0.25) is 0 Å². The normalized spacial score (nSPS) is 11.5. The lowest BCUT2D eigenvalue weighted by atomic mass is 10.1. The summed E-state index contributed by atoms with van der Waals surface area (Å²) in [7, 11) is 0. The van der Waals surface area contributed by atoms with Crippen molar-refractivity contribution in [3.8, 4) is 5.75 Å². The molecule has 0 aliphatic carbocycles. The Kier molecular flexibility index (Phi) is 5.10. The van der Waals surface area contributed by atoms with Gasteiger partial charge in [-0.1, -0.05) is 18.2 Å². The van der Waals surface area contributed by atoms with E-state index in [-0.39, 0.29) is 18.9 Å². The fourth-order valence-corrected chi connectivity index (χ4v) is 2.15. The monoisotopic (exact) mass is 407 g/mol. The number of alkyl halides is 3. The van der Waals surface area contributed by atoms with Crippen molar-refractivity contribution < 1.29 is 17.9 Å². The summed E-state index contributed by atoms with van der Waals surface area (Å²) in [4.78, 5) is 0. The van der Waals surface area contributed by atoms with Crippen LogP contribution in [0.25, 0.3) is 0 Å². The first kappa shape index (κ1) is 16.1. The predicted molar refractivity (Wildman–Crippen MR) is 82.8 cm³/mol. The second-order valence-corrected chi connectivity index (χ2v) is 5.69. The number of benzene rings is 2. The van der Waals surface area contributed by atoms with Crippen molar-refractivity contribution in [3.63, 3.8) is 0 Å². The number of nitrogens with two attached hydrogens (primary N) is 1. The van der Waals surface area contributed by atoms with Gasteiger partial charge < -0.3 is 10.5 Å². The lowest BCUT2D eigenvalue weighted by molar-refractivity contribution is -0.139. The van der Waals surface area contributed by atoms with Crippen LogP contribution in [0.1, 0.15) is 16.7 Å². The smallest absolute Gasteiger partial charge is 0.419 e. The maximum Gasteiger partial charge on any atom is 0.419 e. The molecule has 2 aromatic rings. The van der Waals surface area contributed by atoms with E-state index in [0.29, 0.717) is 5.56 Å². The van der Waals surface area contributed by atoms with Crippen molar-refractivity contribution in [2.24, 2.45) is 5.73 Å². The minimum absolute atomic E-state index is 0.0560. The van der Waals surface area contributed by atoms with Gasteiger partial charge >= 0.3 is 6.18 Å². The van der Waals surface area contributed by atoms with Crippen LogP contribution in [0.4, 0.5) is 13.2 Å². The van der Waals surface area contributed by atoms with Gasteiger partial charge in [0.15, 0.2) is 0 Å². The molecule has 0 radical (unpaired) electrons. The summed E-state index contributed by atoms with van der Waals surface area (Å²) in [5.41, 5.74) is 5.82. The van der Waals surface area contributed by atoms with Crippen LogP contribution in [0.5, 0.6) is 5.75 Å². The van der Waals surface area contributed by atoms with Crippen molar-refractivity contribution in [2.75, 3.05) is 0 Å². The Morgan fingerprint density at radius 2 is 1.62 bits per heavy atom. The lowest BCUT2D eigenvalue weighted by Crippen LogP contribution is -2.10. The summed E-state index contributed by atoms with van der Waals surface area (Å²) >= 11 is 2.16. The molecule has 0 aliphatic heterocycles. The van der Waals surface area contributed by atoms with Crippen molar-refractivity contribution in [3.05, 3.63) is 62.7 Å². The molecular formula is C15H13F3INO. The van der Waals surface area contributed by atoms with E-state index < -0.39 is 11.7 Å². The molecule has 0 bridgehead atoms. The molecule has 6 heteroatoms. The zero-order chi connectivity index (χ0) is 15.5. The number of hydrogen-bond acceptors (Lipinski definition) is 2. The van der Waals surface area contributed by atoms with Crippen molar-refractivity contribution >= 4 is 22.6 Å². The second-order valence-electron chi connectivity index (χ2n) is 4.45. The Morgan fingerprint density at radius 3 is 2.19 bits per heavy atom. The molecule has 2 N–H and O–H groups in total. The summed E-state index contributed by atoms with van der Waals surface area (Å²) in [6.07, 6.45) is -4.47. The minimum Gasteiger partial charge on any atom is -0.488 e. The number of ether oxygens (including phenoxy) is 1. The van der Waals surface area contributed by atoms with Gasteiger partial charge in [-0.2, -0.15) is 13.2 Å². The molecule has 0 spiro atoms. The number of rotatable bonds is 4. The van der Waals surface area contributed by atoms with E-state index in [9.17, 15) is 13.2 Å².